The number of ether oxygens (including phenoxy) is 1. The van der Waals surface area contributed by atoms with E-state index in [1.165, 1.54) is 12.1 Å². The molecular formula is C14H11FN2O. The van der Waals surface area contributed by atoms with Gasteiger partial charge in [0.15, 0.2) is 0 Å². The average Bonchev–Trinajstić information content (AvgIpc) is 2.41. The van der Waals surface area contributed by atoms with Crippen molar-refractivity contribution in [1.82, 2.24) is 0 Å². The van der Waals surface area contributed by atoms with Crippen molar-refractivity contribution in [2.24, 2.45) is 0 Å². The molecule has 0 aromatic heterocycles. The van der Waals surface area contributed by atoms with Crippen molar-refractivity contribution >= 4 is 11.4 Å². The molecule has 2 aromatic carbocycles. The van der Waals surface area contributed by atoms with Crippen LogP contribution < -0.4 is 10.1 Å². The third kappa shape index (κ3) is 2.58. The Morgan fingerprint density at radius 1 is 1.17 bits per heavy atom. The van der Waals surface area contributed by atoms with Gasteiger partial charge in [0.05, 0.1) is 18.4 Å². The summed E-state index contributed by atoms with van der Waals surface area (Å²) in [6.07, 6.45) is 0. The summed E-state index contributed by atoms with van der Waals surface area (Å²) >= 11 is 0. The van der Waals surface area contributed by atoms with E-state index in [4.69, 9.17) is 10.00 Å². The predicted molar refractivity (Wildman–Crippen MR) is 67.4 cm³/mol. The van der Waals surface area contributed by atoms with E-state index in [-0.39, 0.29) is 5.82 Å². The molecule has 0 fully saturated rings. The van der Waals surface area contributed by atoms with Gasteiger partial charge in [-0.05, 0) is 36.4 Å². The van der Waals surface area contributed by atoms with E-state index in [2.05, 4.69) is 11.4 Å². The molecule has 18 heavy (non-hydrogen) atoms. The van der Waals surface area contributed by atoms with Crippen molar-refractivity contribution in [2.75, 3.05) is 12.4 Å². The molecule has 0 aliphatic heterocycles. The van der Waals surface area contributed by atoms with Gasteiger partial charge < -0.3 is 10.1 Å². The maximum absolute atomic E-state index is 12.8. The molecule has 1 N–H and O–H groups in total. The number of methoxy groups -OCH3 is 1. The summed E-state index contributed by atoms with van der Waals surface area (Å²) in [5.41, 5.74) is 1.84. The van der Waals surface area contributed by atoms with Crippen LogP contribution >= 0.6 is 0 Å². The van der Waals surface area contributed by atoms with E-state index in [1.807, 2.05) is 0 Å². The van der Waals surface area contributed by atoms with E-state index < -0.39 is 0 Å². The Morgan fingerprint density at radius 2 is 1.89 bits per heavy atom. The van der Waals surface area contributed by atoms with Crippen LogP contribution in [0.5, 0.6) is 5.75 Å². The number of nitrogens with one attached hydrogen (secondary N) is 1. The Hall–Kier alpha value is -2.54. The number of anilines is 2. The first kappa shape index (κ1) is 11.9. The zero-order valence-corrected chi connectivity index (χ0v) is 9.77. The van der Waals surface area contributed by atoms with Gasteiger partial charge in [-0.2, -0.15) is 5.26 Å². The molecule has 0 atom stereocenters. The SMILES string of the molecule is COc1ccc(C#N)c(Nc2ccc(F)cc2)c1. The summed E-state index contributed by atoms with van der Waals surface area (Å²) in [5, 5.41) is 12.1. The predicted octanol–water partition coefficient (Wildman–Crippen LogP) is 3.45. The topological polar surface area (TPSA) is 45.0 Å². The highest BCUT2D eigenvalue weighted by atomic mass is 19.1. The smallest absolute Gasteiger partial charge is 0.123 e. The molecule has 90 valence electrons. The number of nitrogens with zero attached hydrogens (tertiary/aromatic N) is 1. The molecule has 0 aliphatic carbocycles. The normalized spacial score (nSPS) is 9.61. The van der Waals surface area contributed by atoms with Crippen molar-refractivity contribution in [2.45, 2.75) is 0 Å². The quantitative estimate of drug-likeness (QED) is 0.896. The highest BCUT2D eigenvalue weighted by Gasteiger charge is 2.04. The lowest BCUT2D eigenvalue weighted by Crippen LogP contribution is -1.95. The molecule has 0 spiro atoms. The molecule has 0 amide bonds. The van der Waals surface area contributed by atoms with Gasteiger partial charge in [-0.3, -0.25) is 0 Å². The molecule has 4 heteroatoms. The molecule has 2 rings (SSSR count). The van der Waals surface area contributed by atoms with Crippen molar-refractivity contribution in [3.05, 3.63) is 53.8 Å². The van der Waals surface area contributed by atoms with Crippen LogP contribution in [0, 0.1) is 17.1 Å². The number of hydrogen-bond donors (Lipinski definition) is 1. The second-order valence-electron chi connectivity index (χ2n) is 3.66. The molecular weight excluding hydrogens is 231 g/mol. The Kier molecular flexibility index (Phi) is 3.44. The van der Waals surface area contributed by atoms with Crippen LogP contribution in [0.15, 0.2) is 42.5 Å². The van der Waals surface area contributed by atoms with Crippen molar-refractivity contribution in [3.8, 4) is 11.8 Å². The van der Waals surface area contributed by atoms with Crippen LogP contribution in [-0.2, 0) is 0 Å². The van der Waals surface area contributed by atoms with Crippen molar-refractivity contribution in [3.63, 3.8) is 0 Å². The van der Waals surface area contributed by atoms with E-state index in [9.17, 15) is 4.39 Å². The monoisotopic (exact) mass is 242 g/mol. The van der Waals surface area contributed by atoms with Crippen molar-refractivity contribution in [1.29, 1.82) is 5.26 Å². The van der Waals surface area contributed by atoms with Crippen LogP contribution in [0.1, 0.15) is 5.56 Å². The largest absolute Gasteiger partial charge is 0.497 e. The van der Waals surface area contributed by atoms with E-state index in [0.29, 0.717) is 22.7 Å². The Morgan fingerprint density at radius 3 is 2.50 bits per heavy atom. The summed E-state index contributed by atoms with van der Waals surface area (Å²) in [6.45, 7) is 0. The first-order chi connectivity index (χ1) is 8.72. The second kappa shape index (κ2) is 5.19. The van der Waals surface area contributed by atoms with Gasteiger partial charge in [0.2, 0.25) is 0 Å². The maximum Gasteiger partial charge on any atom is 0.123 e. The lowest BCUT2D eigenvalue weighted by atomic mass is 10.1. The second-order valence-corrected chi connectivity index (χ2v) is 3.66. The summed E-state index contributed by atoms with van der Waals surface area (Å²) in [5.74, 6) is 0.352. The molecule has 0 bridgehead atoms. The van der Waals surface area contributed by atoms with Crippen LogP contribution in [0.4, 0.5) is 15.8 Å². The van der Waals surface area contributed by atoms with E-state index in [0.717, 1.165) is 0 Å². The zero-order valence-electron chi connectivity index (χ0n) is 9.77. The average molecular weight is 242 g/mol. The molecule has 0 saturated carbocycles. The molecule has 3 nitrogen and oxygen atoms in total. The minimum Gasteiger partial charge on any atom is -0.497 e. The van der Waals surface area contributed by atoms with Gasteiger partial charge in [0.25, 0.3) is 0 Å². The molecule has 0 aliphatic rings. The highest BCUT2D eigenvalue weighted by molar-refractivity contribution is 5.68. The fourth-order valence-corrected chi connectivity index (χ4v) is 1.54. The number of rotatable bonds is 3. The molecule has 0 unspecified atom stereocenters. The number of hydrogen-bond acceptors (Lipinski definition) is 3. The summed E-state index contributed by atoms with van der Waals surface area (Å²) < 4.78 is 17.9. The van der Waals surface area contributed by atoms with E-state index >= 15 is 0 Å². The van der Waals surface area contributed by atoms with Gasteiger partial charge in [-0.15, -0.1) is 0 Å². The minimum atomic E-state index is -0.299. The summed E-state index contributed by atoms with van der Waals surface area (Å²) in [6, 6.07) is 13.1. The van der Waals surface area contributed by atoms with Crippen LogP contribution in [-0.4, -0.2) is 7.11 Å². The molecule has 0 heterocycles. The standard InChI is InChI=1S/C14H11FN2O/c1-18-13-7-2-10(9-16)14(8-13)17-12-5-3-11(15)4-6-12/h2-8,17H,1H3. The number of nitriles is 1. The van der Waals surface area contributed by atoms with Gasteiger partial charge >= 0.3 is 0 Å². The first-order valence-corrected chi connectivity index (χ1v) is 5.33. The van der Waals surface area contributed by atoms with Gasteiger partial charge in [-0.1, -0.05) is 0 Å². The number of halogens is 1. The fourth-order valence-electron chi connectivity index (χ4n) is 1.54. The van der Waals surface area contributed by atoms with Gasteiger partial charge in [0.1, 0.15) is 17.6 Å². The zero-order chi connectivity index (χ0) is 13.0. The Bertz CT molecular complexity index is 588. The molecule has 0 saturated heterocycles. The molecule has 2 aromatic rings. The Labute approximate surface area is 104 Å². The maximum atomic E-state index is 12.8. The Balaban J connectivity index is 2.32. The minimum absolute atomic E-state index is 0.299. The number of benzene rings is 2. The highest BCUT2D eigenvalue weighted by Crippen LogP contribution is 2.25. The summed E-state index contributed by atoms with van der Waals surface area (Å²) in [4.78, 5) is 0. The van der Waals surface area contributed by atoms with Crippen LogP contribution in [0.2, 0.25) is 0 Å². The lowest BCUT2D eigenvalue weighted by molar-refractivity contribution is 0.415. The fraction of sp³-hybridized carbons (Fsp3) is 0.0714. The third-order valence-corrected chi connectivity index (χ3v) is 2.47. The van der Waals surface area contributed by atoms with Crippen molar-refractivity contribution < 1.29 is 9.13 Å². The molecule has 0 radical (unpaired) electrons. The van der Waals surface area contributed by atoms with Gasteiger partial charge in [0, 0.05) is 11.8 Å². The van der Waals surface area contributed by atoms with Crippen LogP contribution in [0.25, 0.3) is 0 Å². The van der Waals surface area contributed by atoms with E-state index in [1.54, 1.807) is 37.4 Å². The van der Waals surface area contributed by atoms with Gasteiger partial charge in [-0.25, -0.2) is 4.39 Å². The summed E-state index contributed by atoms with van der Waals surface area (Å²) in [7, 11) is 1.56. The van der Waals surface area contributed by atoms with Crippen LogP contribution in [0.3, 0.4) is 0 Å². The lowest BCUT2D eigenvalue weighted by Gasteiger charge is -2.09. The first-order valence-electron chi connectivity index (χ1n) is 5.33. The third-order valence-electron chi connectivity index (χ3n) is 2.47.